The van der Waals surface area contributed by atoms with Crippen molar-refractivity contribution in [3.8, 4) is 11.8 Å². The molecule has 0 spiro atoms. The zero-order chi connectivity index (χ0) is 23.5. The SMILES string of the molecule is O=C(Cc1cccnc1)N1CC(=O)N2[C@H](CO)[C@@H](c3ccc(C#CC4CCCCC4)cc3)[C@@H]2C1. The Bertz CT molecular complexity index is 1080. The summed E-state index contributed by atoms with van der Waals surface area (Å²) in [6.07, 6.45) is 9.88. The van der Waals surface area contributed by atoms with Gasteiger partial charge in [0, 0.05) is 36.3 Å². The van der Waals surface area contributed by atoms with Crippen LogP contribution in [-0.2, 0) is 16.0 Å². The maximum Gasteiger partial charge on any atom is 0.242 e. The Morgan fingerprint density at radius 3 is 2.62 bits per heavy atom. The standard InChI is InChI=1S/C28H31N3O3/c32-19-25-28(23-12-10-21(11-13-23)9-8-20-5-2-1-3-6-20)24-17-30(18-27(34)31(24)25)26(33)15-22-7-4-14-29-16-22/h4,7,10-14,16,20,24-25,28,32H,1-3,5-6,15,17-19H2/t24-,25+,28-/m0/s1. The number of fused-ring (bicyclic) bond motifs is 1. The van der Waals surface area contributed by atoms with Crippen molar-refractivity contribution in [1.29, 1.82) is 0 Å². The van der Waals surface area contributed by atoms with E-state index in [4.69, 9.17) is 0 Å². The van der Waals surface area contributed by atoms with Crippen molar-refractivity contribution in [3.63, 3.8) is 0 Å². The number of nitrogens with zero attached hydrogens (tertiary/aromatic N) is 3. The van der Waals surface area contributed by atoms with Crippen molar-refractivity contribution >= 4 is 11.8 Å². The van der Waals surface area contributed by atoms with E-state index in [0.29, 0.717) is 12.5 Å². The Hall–Kier alpha value is -3.17. The van der Waals surface area contributed by atoms with Gasteiger partial charge in [0.15, 0.2) is 0 Å². The van der Waals surface area contributed by atoms with Crippen LogP contribution in [-0.4, -0.2) is 63.5 Å². The quantitative estimate of drug-likeness (QED) is 0.717. The molecule has 1 aromatic carbocycles. The van der Waals surface area contributed by atoms with Gasteiger partial charge in [-0.25, -0.2) is 0 Å². The first-order valence-electron chi connectivity index (χ1n) is 12.3. The maximum absolute atomic E-state index is 12.9. The second-order valence-corrected chi connectivity index (χ2v) is 9.68. The summed E-state index contributed by atoms with van der Waals surface area (Å²) in [6, 6.07) is 11.5. The van der Waals surface area contributed by atoms with E-state index >= 15 is 0 Å². The molecule has 2 aliphatic heterocycles. The van der Waals surface area contributed by atoms with Gasteiger partial charge in [-0.15, -0.1) is 0 Å². The highest BCUT2D eigenvalue weighted by atomic mass is 16.3. The van der Waals surface area contributed by atoms with Crippen molar-refractivity contribution in [3.05, 3.63) is 65.5 Å². The molecule has 3 atom stereocenters. The van der Waals surface area contributed by atoms with E-state index in [0.717, 1.165) is 16.7 Å². The van der Waals surface area contributed by atoms with Gasteiger partial charge >= 0.3 is 0 Å². The lowest BCUT2D eigenvalue weighted by Gasteiger charge is -2.58. The molecule has 176 valence electrons. The molecule has 1 N–H and O–H groups in total. The molecule has 6 nitrogen and oxygen atoms in total. The summed E-state index contributed by atoms with van der Waals surface area (Å²) >= 11 is 0. The Labute approximate surface area is 201 Å². The van der Waals surface area contributed by atoms with Crippen LogP contribution in [0.4, 0.5) is 0 Å². The summed E-state index contributed by atoms with van der Waals surface area (Å²) in [4.78, 5) is 33.2. The Balaban J connectivity index is 1.28. The summed E-state index contributed by atoms with van der Waals surface area (Å²) in [6.45, 7) is 0.462. The number of hydrogen-bond donors (Lipinski definition) is 1. The summed E-state index contributed by atoms with van der Waals surface area (Å²) in [7, 11) is 0. The Morgan fingerprint density at radius 2 is 1.91 bits per heavy atom. The van der Waals surface area contributed by atoms with Crippen molar-refractivity contribution in [2.24, 2.45) is 5.92 Å². The molecule has 0 radical (unpaired) electrons. The maximum atomic E-state index is 12.9. The molecule has 3 heterocycles. The van der Waals surface area contributed by atoms with Gasteiger partial charge in [-0.1, -0.05) is 49.3 Å². The van der Waals surface area contributed by atoms with Gasteiger partial charge in [-0.2, -0.15) is 0 Å². The molecule has 1 saturated carbocycles. The van der Waals surface area contributed by atoms with E-state index in [1.807, 2.05) is 24.3 Å². The van der Waals surface area contributed by atoms with Gasteiger partial charge in [0.2, 0.25) is 11.8 Å². The number of pyridine rings is 1. The number of aliphatic hydroxyl groups excluding tert-OH is 1. The lowest BCUT2D eigenvalue weighted by atomic mass is 9.73. The first-order valence-corrected chi connectivity index (χ1v) is 12.3. The summed E-state index contributed by atoms with van der Waals surface area (Å²) in [5, 5.41) is 10.0. The fourth-order valence-electron chi connectivity index (χ4n) is 5.70. The van der Waals surface area contributed by atoms with Crippen LogP contribution in [0.1, 0.15) is 54.7 Å². The first-order chi connectivity index (χ1) is 16.6. The minimum atomic E-state index is -0.243. The average molecular weight is 458 g/mol. The summed E-state index contributed by atoms with van der Waals surface area (Å²) < 4.78 is 0. The summed E-state index contributed by atoms with van der Waals surface area (Å²) in [5.74, 6) is 7.11. The van der Waals surface area contributed by atoms with E-state index < -0.39 is 0 Å². The molecule has 2 saturated heterocycles. The molecule has 1 aromatic heterocycles. The molecule has 0 bridgehead atoms. The second-order valence-electron chi connectivity index (χ2n) is 9.68. The van der Waals surface area contributed by atoms with E-state index in [-0.39, 0.29) is 49.4 Å². The van der Waals surface area contributed by atoms with Crippen LogP contribution in [0, 0.1) is 17.8 Å². The number of carbonyl (C=O) groups is 2. The third-order valence-corrected chi connectivity index (χ3v) is 7.50. The minimum absolute atomic E-state index is 0.00305. The van der Waals surface area contributed by atoms with Gasteiger partial charge in [0.25, 0.3) is 0 Å². The second kappa shape index (κ2) is 9.99. The van der Waals surface area contributed by atoms with Gasteiger partial charge in [-0.05, 0) is 42.2 Å². The molecule has 5 rings (SSSR count). The first kappa shape index (κ1) is 22.6. The van der Waals surface area contributed by atoms with Crippen LogP contribution >= 0.6 is 0 Å². The third kappa shape index (κ3) is 4.58. The predicted molar refractivity (Wildman–Crippen MR) is 129 cm³/mol. The normalized spacial score (nSPS) is 24.6. The third-order valence-electron chi connectivity index (χ3n) is 7.50. The molecule has 2 aromatic rings. The number of amides is 2. The van der Waals surface area contributed by atoms with Crippen LogP contribution in [0.25, 0.3) is 0 Å². The molecule has 2 amide bonds. The lowest BCUT2D eigenvalue weighted by Crippen LogP contribution is -2.73. The minimum Gasteiger partial charge on any atom is -0.394 e. The summed E-state index contributed by atoms with van der Waals surface area (Å²) in [5.41, 5.74) is 2.92. The molecule has 3 aliphatic rings. The zero-order valence-corrected chi connectivity index (χ0v) is 19.4. The van der Waals surface area contributed by atoms with Gasteiger partial charge < -0.3 is 14.9 Å². The fourth-order valence-corrected chi connectivity index (χ4v) is 5.70. The van der Waals surface area contributed by atoms with Gasteiger partial charge in [0.05, 0.1) is 31.7 Å². The number of hydrogen-bond acceptors (Lipinski definition) is 4. The molecular weight excluding hydrogens is 426 g/mol. The van der Waals surface area contributed by atoms with Crippen LogP contribution in [0.5, 0.6) is 0 Å². The molecule has 0 unspecified atom stereocenters. The molecular formula is C28H31N3O3. The Kier molecular flexibility index (Phi) is 6.64. The van der Waals surface area contributed by atoms with Crippen molar-refractivity contribution in [2.75, 3.05) is 19.7 Å². The monoisotopic (exact) mass is 457 g/mol. The number of rotatable bonds is 4. The van der Waals surface area contributed by atoms with E-state index in [1.165, 1.54) is 32.1 Å². The molecule has 1 aliphatic carbocycles. The number of carbonyl (C=O) groups excluding carboxylic acids is 2. The number of aromatic nitrogens is 1. The highest BCUT2D eigenvalue weighted by molar-refractivity contribution is 5.88. The van der Waals surface area contributed by atoms with Crippen LogP contribution in [0.15, 0.2) is 48.8 Å². The van der Waals surface area contributed by atoms with Gasteiger partial charge in [-0.3, -0.25) is 14.6 Å². The van der Waals surface area contributed by atoms with E-state index in [2.05, 4.69) is 29.0 Å². The zero-order valence-electron chi connectivity index (χ0n) is 19.4. The topological polar surface area (TPSA) is 73.7 Å². The predicted octanol–water partition coefficient (Wildman–Crippen LogP) is 2.75. The van der Waals surface area contributed by atoms with E-state index in [1.54, 1.807) is 22.2 Å². The van der Waals surface area contributed by atoms with Gasteiger partial charge in [0.1, 0.15) is 0 Å². The molecule has 6 heteroatoms. The van der Waals surface area contributed by atoms with E-state index in [9.17, 15) is 14.7 Å². The van der Waals surface area contributed by atoms with Crippen molar-refractivity contribution in [2.45, 2.75) is 56.5 Å². The van der Waals surface area contributed by atoms with Crippen molar-refractivity contribution in [1.82, 2.24) is 14.8 Å². The number of aliphatic hydroxyl groups is 1. The smallest absolute Gasteiger partial charge is 0.242 e. The Morgan fingerprint density at radius 1 is 1.12 bits per heavy atom. The number of piperazine rings is 1. The highest BCUT2D eigenvalue weighted by Crippen LogP contribution is 2.43. The molecule has 34 heavy (non-hydrogen) atoms. The average Bonchev–Trinajstić information content (AvgIpc) is 2.86. The van der Waals surface area contributed by atoms with Crippen LogP contribution in [0.2, 0.25) is 0 Å². The highest BCUT2D eigenvalue weighted by Gasteiger charge is 2.54. The largest absolute Gasteiger partial charge is 0.394 e. The van der Waals surface area contributed by atoms with Crippen LogP contribution in [0.3, 0.4) is 0 Å². The van der Waals surface area contributed by atoms with Crippen molar-refractivity contribution < 1.29 is 14.7 Å². The lowest BCUT2D eigenvalue weighted by molar-refractivity contribution is -0.166. The number of benzene rings is 1. The van der Waals surface area contributed by atoms with Crippen LogP contribution < -0.4 is 0 Å². The fraction of sp³-hybridized carbons (Fsp3) is 0.464. The molecule has 3 fully saturated rings.